The molecule has 3 aromatic rings. The van der Waals surface area contributed by atoms with Gasteiger partial charge >= 0.3 is 0 Å². The molecule has 3 nitrogen and oxygen atoms in total. The molecule has 0 aliphatic heterocycles. The molecule has 0 spiro atoms. The summed E-state index contributed by atoms with van der Waals surface area (Å²) >= 11 is 7.86. The number of aromatic nitrogens is 1. The third-order valence-corrected chi connectivity index (χ3v) is 4.83. The molecule has 0 fully saturated rings. The summed E-state index contributed by atoms with van der Waals surface area (Å²) in [6, 6.07) is 8.08. The molecule has 20 heavy (non-hydrogen) atoms. The molecule has 0 saturated heterocycles. The normalized spacial score (nSPS) is 10.9. The topological polar surface area (TPSA) is 52.0 Å². The number of aryl methyl sites for hydroxylation is 2. The first-order chi connectivity index (χ1) is 9.58. The highest BCUT2D eigenvalue weighted by atomic mass is 35.5. The van der Waals surface area contributed by atoms with Crippen molar-refractivity contribution in [2.24, 2.45) is 0 Å². The Hall–Kier alpha value is -1.78. The van der Waals surface area contributed by atoms with Crippen molar-refractivity contribution in [3.8, 4) is 21.8 Å². The molecular formula is C15H13ClN2OS. The minimum absolute atomic E-state index is 0.382. The van der Waals surface area contributed by atoms with Crippen LogP contribution in [0.2, 0.25) is 5.02 Å². The third kappa shape index (κ3) is 2.11. The van der Waals surface area contributed by atoms with E-state index in [1.54, 1.807) is 0 Å². The first kappa shape index (κ1) is 13.2. The second-order valence-electron chi connectivity index (χ2n) is 4.70. The van der Waals surface area contributed by atoms with E-state index < -0.39 is 0 Å². The second kappa shape index (κ2) is 4.96. The van der Waals surface area contributed by atoms with Crippen molar-refractivity contribution in [3.63, 3.8) is 0 Å². The lowest BCUT2D eigenvalue weighted by Gasteiger charge is -2.03. The molecule has 0 radical (unpaired) electrons. The summed E-state index contributed by atoms with van der Waals surface area (Å²) in [5.41, 5.74) is 9.94. The van der Waals surface area contributed by atoms with E-state index in [4.69, 9.17) is 21.9 Å². The van der Waals surface area contributed by atoms with Crippen LogP contribution in [0.25, 0.3) is 21.8 Å². The molecule has 2 N–H and O–H groups in total. The minimum atomic E-state index is 0.382. The van der Waals surface area contributed by atoms with Crippen LogP contribution in [-0.4, -0.2) is 5.16 Å². The van der Waals surface area contributed by atoms with E-state index in [1.807, 2.05) is 37.4 Å². The molecule has 0 aliphatic rings. The summed E-state index contributed by atoms with van der Waals surface area (Å²) in [6.45, 7) is 4.00. The first-order valence-corrected chi connectivity index (χ1v) is 7.40. The lowest BCUT2D eigenvalue weighted by atomic mass is 10.0. The number of hydrogen-bond acceptors (Lipinski definition) is 4. The van der Waals surface area contributed by atoms with Crippen LogP contribution in [0.1, 0.15) is 11.1 Å². The molecule has 3 rings (SSSR count). The standard InChI is InChI=1S/C15H13ClN2OS/c1-8-4-3-5-10(6-8)11-13(19-18-15(11)17)14-12(16)9(2)7-20-14/h3-7H,1-2H3,(H2,17,18). The Morgan fingerprint density at radius 2 is 2.10 bits per heavy atom. The Morgan fingerprint density at radius 3 is 2.75 bits per heavy atom. The van der Waals surface area contributed by atoms with E-state index in [-0.39, 0.29) is 0 Å². The molecule has 0 amide bonds. The van der Waals surface area contributed by atoms with Crippen molar-refractivity contribution >= 4 is 28.8 Å². The number of rotatable bonds is 2. The average Bonchev–Trinajstić information content (AvgIpc) is 2.94. The van der Waals surface area contributed by atoms with Crippen LogP contribution in [0.5, 0.6) is 0 Å². The Bertz CT molecular complexity index is 776. The second-order valence-corrected chi connectivity index (χ2v) is 5.96. The van der Waals surface area contributed by atoms with Gasteiger partial charge in [0.2, 0.25) is 0 Å². The Labute approximate surface area is 126 Å². The quantitative estimate of drug-likeness (QED) is 0.731. The van der Waals surface area contributed by atoms with Gasteiger partial charge in [-0.25, -0.2) is 0 Å². The Morgan fingerprint density at radius 1 is 1.30 bits per heavy atom. The number of anilines is 1. The number of benzene rings is 1. The van der Waals surface area contributed by atoms with Crippen LogP contribution in [-0.2, 0) is 0 Å². The maximum atomic E-state index is 6.33. The highest BCUT2D eigenvalue weighted by Gasteiger charge is 2.21. The number of nitrogens with two attached hydrogens (primary N) is 1. The van der Waals surface area contributed by atoms with Gasteiger partial charge in [0, 0.05) is 0 Å². The summed E-state index contributed by atoms with van der Waals surface area (Å²) < 4.78 is 5.42. The van der Waals surface area contributed by atoms with Crippen LogP contribution < -0.4 is 5.73 Å². The lowest BCUT2D eigenvalue weighted by molar-refractivity contribution is 0.437. The zero-order chi connectivity index (χ0) is 14.3. The van der Waals surface area contributed by atoms with Crippen molar-refractivity contribution in [3.05, 3.63) is 45.8 Å². The Balaban J connectivity index is 2.22. The SMILES string of the molecule is Cc1cccc(-c2c(N)noc2-c2scc(C)c2Cl)c1. The van der Waals surface area contributed by atoms with Crippen molar-refractivity contribution in [1.82, 2.24) is 5.16 Å². The number of halogens is 1. The smallest absolute Gasteiger partial charge is 0.188 e. The monoisotopic (exact) mass is 304 g/mol. The highest BCUT2D eigenvalue weighted by molar-refractivity contribution is 7.14. The van der Waals surface area contributed by atoms with Crippen LogP contribution in [0.3, 0.4) is 0 Å². The van der Waals surface area contributed by atoms with E-state index >= 15 is 0 Å². The van der Waals surface area contributed by atoms with Crippen LogP contribution in [0, 0.1) is 13.8 Å². The van der Waals surface area contributed by atoms with Gasteiger partial charge < -0.3 is 10.3 Å². The predicted octanol–water partition coefficient (Wildman–Crippen LogP) is 4.92. The van der Waals surface area contributed by atoms with Crippen molar-refractivity contribution in [1.29, 1.82) is 0 Å². The molecule has 0 unspecified atom stereocenters. The van der Waals surface area contributed by atoms with Crippen LogP contribution >= 0.6 is 22.9 Å². The van der Waals surface area contributed by atoms with Crippen molar-refractivity contribution < 1.29 is 4.52 Å². The Kier molecular flexibility index (Phi) is 3.28. The molecule has 2 heterocycles. The first-order valence-electron chi connectivity index (χ1n) is 6.14. The number of nitrogen functional groups attached to an aromatic ring is 1. The van der Waals surface area contributed by atoms with Crippen molar-refractivity contribution in [2.45, 2.75) is 13.8 Å². The molecule has 2 aromatic heterocycles. The van der Waals surface area contributed by atoms with Gasteiger partial charge in [0.1, 0.15) is 0 Å². The van der Waals surface area contributed by atoms with Gasteiger partial charge in [-0.1, -0.05) is 46.6 Å². The fraction of sp³-hybridized carbons (Fsp3) is 0.133. The molecule has 0 saturated carbocycles. The fourth-order valence-electron chi connectivity index (χ4n) is 2.12. The number of hydrogen-bond donors (Lipinski definition) is 1. The fourth-order valence-corrected chi connectivity index (χ4v) is 3.38. The molecule has 0 aliphatic carbocycles. The molecule has 0 bridgehead atoms. The van der Waals surface area contributed by atoms with Crippen molar-refractivity contribution in [2.75, 3.05) is 5.73 Å². The van der Waals surface area contributed by atoms with Gasteiger partial charge in [-0.15, -0.1) is 11.3 Å². The molecule has 1 aromatic carbocycles. The largest absolute Gasteiger partial charge is 0.380 e. The molecule has 5 heteroatoms. The van der Waals surface area contributed by atoms with Gasteiger partial charge in [0.25, 0.3) is 0 Å². The molecular weight excluding hydrogens is 292 g/mol. The maximum absolute atomic E-state index is 6.33. The summed E-state index contributed by atoms with van der Waals surface area (Å²) in [4.78, 5) is 0.866. The zero-order valence-corrected chi connectivity index (χ0v) is 12.7. The van der Waals surface area contributed by atoms with Gasteiger partial charge in [0.05, 0.1) is 15.5 Å². The van der Waals surface area contributed by atoms with Gasteiger partial charge in [-0.05, 0) is 30.4 Å². The lowest BCUT2D eigenvalue weighted by Crippen LogP contribution is -1.89. The van der Waals surface area contributed by atoms with Crippen LogP contribution in [0.15, 0.2) is 34.2 Å². The number of thiophene rings is 1. The van der Waals surface area contributed by atoms with E-state index in [1.165, 1.54) is 11.3 Å². The summed E-state index contributed by atoms with van der Waals surface area (Å²) in [6.07, 6.45) is 0. The maximum Gasteiger partial charge on any atom is 0.188 e. The molecule has 102 valence electrons. The average molecular weight is 305 g/mol. The van der Waals surface area contributed by atoms with E-state index in [0.717, 1.165) is 27.1 Å². The summed E-state index contributed by atoms with van der Waals surface area (Å²) in [7, 11) is 0. The van der Waals surface area contributed by atoms with Gasteiger partial charge in [0.15, 0.2) is 11.6 Å². The zero-order valence-electron chi connectivity index (χ0n) is 11.1. The summed E-state index contributed by atoms with van der Waals surface area (Å²) in [5.74, 6) is 1.02. The third-order valence-electron chi connectivity index (χ3n) is 3.13. The molecule has 0 atom stereocenters. The van der Waals surface area contributed by atoms with E-state index in [9.17, 15) is 0 Å². The van der Waals surface area contributed by atoms with Gasteiger partial charge in [-0.3, -0.25) is 0 Å². The van der Waals surface area contributed by atoms with Crippen LogP contribution in [0.4, 0.5) is 5.82 Å². The summed E-state index contributed by atoms with van der Waals surface area (Å²) in [5, 5.41) is 6.59. The predicted molar refractivity (Wildman–Crippen MR) is 84.1 cm³/mol. The van der Waals surface area contributed by atoms with Gasteiger partial charge in [-0.2, -0.15) is 0 Å². The van der Waals surface area contributed by atoms with E-state index in [2.05, 4.69) is 11.2 Å². The number of nitrogens with zero attached hydrogens (tertiary/aromatic N) is 1. The van der Waals surface area contributed by atoms with E-state index in [0.29, 0.717) is 16.6 Å². The minimum Gasteiger partial charge on any atom is -0.380 e. The highest BCUT2D eigenvalue weighted by Crippen LogP contribution is 2.43.